The van der Waals surface area contributed by atoms with Crippen molar-refractivity contribution in [2.75, 3.05) is 12.4 Å². The van der Waals surface area contributed by atoms with Crippen LogP contribution in [0.15, 0.2) is 30.6 Å². The third-order valence-corrected chi connectivity index (χ3v) is 2.43. The number of aromatic nitrogens is 2. The van der Waals surface area contributed by atoms with Gasteiger partial charge in [-0.25, -0.2) is 0 Å². The first-order chi connectivity index (χ1) is 8.19. The Morgan fingerprint density at radius 3 is 2.76 bits per heavy atom. The fourth-order valence-corrected chi connectivity index (χ4v) is 1.45. The highest BCUT2D eigenvalue weighted by Crippen LogP contribution is 2.24. The van der Waals surface area contributed by atoms with Crippen LogP contribution in [0.2, 0.25) is 0 Å². The van der Waals surface area contributed by atoms with E-state index >= 15 is 0 Å². The lowest BCUT2D eigenvalue weighted by atomic mass is 10.1. The third-order valence-electron chi connectivity index (χ3n) is 2.43. The first-order valence-corrected chi connectivity index (χ1v) is 5.44. The van der Waals surface area contributed by atoms with Crippen LogP contribution in [-0.2, 0) is 0 Å². The number of anilines is 1. The van der Waals surface area contributed by atoms with Crippen LogP contribution in [0.5, 0.6) is 11.6 Å². The van der Waals surface area contributed by atoms with Crippen molar-refractivity contribution in [2.45, 2.75) is 13.8 Å². The molecule has 0 unspecified atom stereocenters. The number of ether oxygens (including phenoxy) is 1. The highest BCUT2D eigenvalue weighted by atomic mass is 16.5. The van der Waals surface area contributed by atoms with Gasteiger partial charge in [-0.2, -0.15) is 4.98 Å². The second-order valence-electron chi connectivity index (χ2n) is 3.86. The minimum atomic E-state index is 0.491. The second kappa shape index (κ2) is 4.82. The highest BCUT2D eigenvalue weighted by Gasteiger charge is 2.04. The average molecular weight is 229 g/mol. The molecule has 4 heteroatoms. The van der Waals surface area contributed by atoms with E-state index in [0.29, 0.717) is 11.7 Å². The summed E-state index contributed by atoms with van der Waals surface area (Å²) in [6.07, 6.45) is 3.25. The lowest BCUT2D eigenvalue weighted by Gasteiger charge is -2.09. The molecule has 0 spiro atoms. The van der Waals surface area contributed by atoms with Gasteiger partial charge in [-0.15, -0.1) is 0 Å². The molecule has 0 saturated heterocycles. The van der Waals surface area contributed by atoms with E-state index in [4.69, 9.17) is 4.74 Å². The molecule has 0 radical (unpaired) electrons. The van der Waals surface area contributed by atoms with Crippen molar-refractivity contribution in [3.05, 3.63) is 41.7 Å². The van der Waals surface area contributed by atoms with Crippen LogP contribution in [0, 0.1) is 13.8 Å². The standard InChI is InChI=1S/C13H15N3O/c1-9-4-5-10(2)11(6-9)17-13-8-15-7-12(14-3)16-13/h4-8H,1-3H3,(H,14,16). The van der Waals surface area contributed by atoms with Gasteiger partial charge in [0.1, 0.15) is 11.6 Å². The molecule has 88 valence electrons. The van der Waals surface area contributed by atoms with Crippen molar-refractivity contribution >= 4 is 5.82 Å². The number of hydrogen-bond acceptors (Lipinski definition) is 4. The van der Waals surface area contributed by atoms with Crippen LogP contribution in [0.3, 0.4) is 0 Å². The molecular formula is C13H15N3O. The molecule has 2 aromatic rings. The van der Waals surface area contributed by atoms with E-state index in [1.165, 1.54) is 0 Å². The number of benzene rings is 1. The summed E-state index contributed by atoms with van der Waals surface area (Å²) in [5.41, 5.74) is 2.23. The van der Waals surface area contributed by atoms with Gasteiger partial charge in [0.25, 0.3) is 0 Å². The molecule has 17 heavy (non-hydrogen) atoms. The second-order valence-corrected chi connectivity index (χ2v) is 3.86. The molecule has 0 fully saturated rings. The fraction of sp³-hybridized carbons (Fsp3) is 0.231. The maximum absolute atomic E-state index is 5.72. The Morgan fingerprint density at radius 2 is 2.00 bits per heavy atom. The smallest absolute Gasteiger partial charge is 0.239 e. The van der Waals surface area contributed by atoms with Crippen LogP contribution in [0.1, 0.15) is 11.1 Å². The van der Waals surface area contributed by atoms with Crippen molar-refractivity contribution in [1.29, 1.82) is 0 Å². The molecular weight excluding hydrogens is 214 g/mol. The van der Waals surface area contributed by atoms with Crippen molar-refractivity contribution in [3.63, 3.8) is 0 Å². The summed E-state index contributed by atoms with van der Waals surface area (Å²) in [4.78, 5) is 8.32. The lowest BCUT2D eigenvalue weighted by Crippen LogP contribution is -1.96. The van der Waals surface area contributed by atoms with E-state index in [1.807, 2.05) is 26.0 Å². The van der Waals surface area contributed by atoms with Crippen LogP contribution in [0.25, 0.3) is 0 Å². The summed E-state index contributed by atoms with van der Waals surface area (Å²) in [7, 11) is 1.80. The lowest BCUT2D eigenvalue weighted by molar-refractivity contribution is 0.457. The van der Waals surface area contributed by atoms with Crippen molar-refractivity contribution in [3.8, 4) is 11.6 Å². The van der Waals surface area contributed by atoms with Gasteiger partial charge in [0.2, 0.25) is 5.88 Å². The number of rotatable bonds is 3. The van der Waals surface area contributed by atoms with Crippen LogP contribution < -0.4 is 10.1 Å². The number of aryl methyl sites for hydroxylation is 2. The Bertz CT molecular complexity index is 526. The van der Waals surface area contributed by atoms with Gasteiger partial charge in [0.05, 0.1) is 12.4 Å². The molecule has 0 aliphatic rings. The zero-order valence-corrected chi connectivity index (χ0v) is 10.2. The van der Waals surface area contributed by atoms with Crippen LogP contribution >= 0.6 is 0 Å². The van der Waals surface area contributed by atoms with Crippen LogP contribution in [-0.4, -0.2) is 17.0 Å². The molecule has 1 aromatic carbocycles. The van der Waals surface area contributed by atoms with E-state index in [1.54, 1.807) is 19.4 Å². The van der Waals surface area contributed by atoms with Gasteiger partial charge in [0, 0.05) is 7.05 Å². The molecule has 2 rings (SSSR count). The fourth-order valence-electron chi connectivity index (χ4n) is 1.45. The van der Waals surface area contributed by atoms with Gasteiger partial charge in [-0.3, -0.25) is 4.98 Å². The first kappa shape index (κ1) is 11.4. The Labute approximate surface area is 101 Å². The van der Waals surface area contributed by atoms with Gasteiger partial charge < -0.3 is 10.1 Å². The minimum absolute atomic E-state index is 0.491. The average Bonchev–Trinajstić information content (AvgIpc) is 2.34. The van der Waals surface area contributed by atoms with Crippen LogP contribution in [0.4, 0.5) is 5.82 Å². The topological polar surface area (TPSA) is 47.0 Å². The molecule has 1 heterocycles. The van der Waals surface area contributed by atoms with E-state index in [-0.39, 0.29) is 0 Å². The zero-order valence-electron chi connectivity index (χ0n) is 10.2. The number of nitrogens with zero attached hydrogens (tertiary/aromatic N) is 2. The summed E-state index contributed by atoms with van der Waals surface area (Å²) >= 11 is 0. The van der Waals surface area contributed by atoms with Gasteiger partial charge in [0.15, 0.2) is 0 Å². The minimum Gasteiger partial charge on any atom is -0.437 e. The Hall–Kier alpha value is -2.10. The summed E-state index contributed by atoms with van der Waals surface area (Å²) in [6, 6.07) is 6.07. The van der Waals surface area contributed by atoms with Crippen molar-refractivity contribution in [2.24, 2.45) is 0 Å². The SMILES string of the molecule is CNc1cncc(Oc2cc(C)ccc2C)n1. The van der Waals surface area contributed by atoms with E-state index < -0.39 is 0 Å². The van der Waals surface area contributed by atoms with Gasteiger partial charge in [-0.05, 0) is 31.0 Å². The van der Waals surface area contributed by atoms with Crippen molar-refractivity contribution in [1.82, 2.24) is 9.97 Å². The largest absolute Gasteiger partial charge is 0.437 e. The summed E-state index contributed by atoms with van der Waals surface area (Å²) in [6.45, 7) is 4.03. The molecule has 0 saturated carbocycles. The first-order valence-electron chi connectivity index (χ1n) is 5.44. The predicted octanol–water partition coefficient (Wildman–Crippen LogP) is 2.93. The maximum atomic E-state index is 5.72. The third kappa shape index (κ3) is 2.72. The molecule has 0 aliphatic carbocycles. The number of nitrogens with one attached hydrogen (secondary N) is 1. The summed E-state index contributed by atoms with van der Waals surface area (Å²) in [5.74, 6) is 1.99. The summed E-state index contributed by atoms with van der Waals surface area (Å²) < 4.78 is 5.72. The molecule has 0 atom stereocenters. The van der Waals surface area contributed by atoms with E-state index in [0.717, 1.165) is 16.9 Å². The molecule has 0 aliphatic heterocycles. The van der Waals surface area contributed by atoms with Crippen molar-refractivity contribution < 1.29 is 4.74 Å². The zero-order chi connectivity index (χ0) is 12.3. The molecule has 1 aromatic heterocycles. The molecule has 4 nitrogen and oxygen atoms in total. The normalized spacial score (nSPS) is 10.1. The Kier molecular flexibility index (Phi) is 3.23. The van der Waals surface area contributed by atoms with Gasteiger partial charge in [-0.1, -0.05) is 12.1 Å². The molecule has 0 bridgehead atoms. The van der Waals surface area contributed by atoms with Gasteiger partial charge >= 0.3 is 0 Å². The monoisotopic (exact) mass is 229 g/mol. The molecule has 0 amide bonds. The molecule has 1 N–H and O–H groups in total. The predicted molar refractivity (Wildman–Crippen MR) is 67.6 cm³/mol. The highest BCUT2D eigenvalue weighted by molar-refractivity contribution is 5.39. The van der Waals surface area contributed by atoms with E-state index in [9.17, 15) is 0 Å². The number of hydrogen-bond donors (Lipinski definition) is 1. The maximum Gasteiger partial charge on any atom is 0.239 e. The Balaban J connectivity index is 2.27. The summed E-state index contributed by atoms with van der Waals surface area (Å²) in [5, 5.41) is 2.93. The van der Waals surface area contributed by atoms with E-state index in [2.05, 4.69) is 21.4 Å². The Morgan fingerprint density at radius 1 is 1.18 bits per heavy atom. The quantitative estimate of drug-likeness (QED) is 0.879.